The quantitative estimate of drug-likeness (QED) is 0.612. The molecule has 1 aliphatic heterocycles. The number of nitrogens with one attached hydrogen (secondary N) is 1. The van der Waals surface area contributed by atoms with Crippen LogP contribution in [0.15, 0.2) is 77.7 Å². The molecule has 3 aromatic rings. The summed E-state index contributed by atoms with van der Waals surface area (Å²) >= 11 is 0. The van der Waals surface area contributed by atoms with Crippen molar-refractivity contribution >= 4 is 15.9 Å². The molecular formula is C25H25FN2O3S. The predicted molar refractivity (Wildman–Crippen MR) is 121 cm³/mol. The van der Waals surface area contributed by atoms with Gasteiger partial charge in [-0.05, 0) is 59.9 Å². The molecule has 0 saturated heterocycles. The fourth-order valence-electron chi connectivity index (χ4n) is 4.12. The van der Waals surface area contributed by atoms with Gasteiger partial charge in [-0.3, -0.25) is 4.79 Å². The second-order valence-corrected chi connectivity index (χ2v) is 9.83. The normalized spacial score (nSPS) is 16.4. The smallest absolute Gasteiger partial charge is 0.243 e. The molecule has 0 fully saturated rings. The maximum Gasteiger partial charge on any atom is 0.243 e. The Bertz CT molecular complexity index is 1230. The summed E-state index contributed by atoms with van der Waals surface area (Å²) in [5, 5.41) is 2.93. The second-order valence-electron chi connectivity index (χ2n) is 7.94. The fraction of sp³-hybridized carbons (Fsp3) is 0.240. The zero-order valence-corrected chi connectivity index (χ0v) is 18.6. The Kier molecular flexibility index (Phi) is 6.39. The van der Waals surface area contributed by atoms with Gasteiger partial charge in [-0.25, -0.2) is 12.8 Å². The van der Waals surface area contributed by atoms with E-state index in [1.807, 2.05) is 55.5 Å². The van der Waals surface area contributed by atoms with Gasteiger partial charge in [0.15, 0.2) is 0 Å². The van der Waals surface area contributed by atoms with Crippen LogP contribution in [-0.4, -0.2) is 25.2 Å². The number of benzene rings is 3. The molecule has 0 radical (unpaired) electrons. The molecule has 0 unspecified atom stereocenters. The van der Waals surface area contributed by atoms with Crippen molar-refractivity contribution in [3.05, 3.63) is 101 Å². The first-order valence-corrected chi connectivity index (χ1v) is 12.0. The Morgan fingerprint density at radius 1 is 1.03 bits per heavy atom. The van der Waals surface area contributed by atoms with Crippen molar-refractivity contribution in [3.8, 4) is 0 Å². The van der Waals surface area contributed by atoms with E-state index in [4.69, 9.17) is 0 Å². The number of halogens is 1. The van der Waals surface area contributed by atoms with Crippen LogP contribution in [0.1, 0.15) is 34.7 Å². The lowest BCUT2D eigenvalue weighted by molar-refractivity contribution is -0.122. The van der Waals surface area contributed by atoms with Crippen LogP contribution in [0.5, 0.6) is 0 Å². The van der Waals surface area contributed by atoms with E-state index in [1.165, 1.54) is 16.4 Å². The highest BCUT2D eigenvalue weighted by molar-refractivity contribution is 7.89. The van der Waals surface area contributed by atoms with Crippen molar-refractivity contribution in [2.75, 3.05) is 6.54 Å². The zero-order chi connectivity index (χ0) is 22.7. The summed E-state index contributed by atoms with van der Waals surface area (Å²) in [6.07, 6.45) is 0.557. The Morgan fingerprint density at radius 3 is 2.47 bits per heavy atom. The Balaban J connectivity index is 1.60. The predicted octanol–water partition coefficient (Wildman–Crippen LogP) is 4.13. The van der Waals surface area contributed by atoms with Gasteiger partial charge in [-0.15, -0.1) is 0 Å². The van der Waals surface area contributed by atoms with Crippen LogP contribution in [0.25, 0.3) is 0 Å². The van der Waals surface area contributed by atoms with E-state index in [2.05, 4.69) is 5.32 Å². The number of fused-ring (bicyclic) bond motifs is 1. The van der Waals surface area contributed by atoms with Crippen molar-refractivity contribution in [1.29, 1.82) is 0 Å². The van der Waals surface area contributed by atoms with Crippen LogP contribution in [0.2, 0.25) is 0 Å². The first kappa shape index (κ1) is 22.2. The molecule has 1 atom stereocenters. The molecule has 7 heteroatoms. The number of carbonyl (C=O) groups excluding carboxylic acids is 1. The number of nitrogens with zero attached hydrogens (tertiary/aromatic N) is 1. The third-order valence-electron chi connectivity index (χ3n) is 5.90. The molecule has 1 aliphatic rings. The molecule has 3 aromatic carbocycles. The summed E-state index contributed by atoms with van der Waals surface area (Å²) < 4.78 is 41.5. The van der Waals surface area contributed by atoms with Crippen molar-refractivity contribution in [2.24, 2.45) is 0 Å². The summed E-state index contributed by atoms with van der Waals surface area (Å²) in [5.41, 5.74) is 3.96. The standard InChI is InChI=1S/C25H25FN2O3S/c1-18-6-2-3-8-20(18)17-27-25(29)16-24-23-9-5-4-7-19(23)14-15-28(24)32(30,31)22-12-10-21(26)11-13-22/h2-13,24H,14-17H2,1H3,(H,27,29)/t24-/m1/s1. The summed E-state index contributed by atoms with van der Waals surface area (Å²) in [6, 6.07) is 19.6. The zero-order valence-electron chi connectivity index (χ0n) is 17.8. The molecule has 0 spiro atoms. The van der Waals surface area contributed by atoms with E-state index >= 15 is 0 Å². The van der Waals surface area contributed by atoms with Gasteiger partial charge in [0.1, 0.15) is 5.82 Å². The van der Waals surface area contributed by atoms with Gasteiger partial charge in [-0.2, -0.15) is 4.31 Å². The van der Waals surface area contributed by atoms with Crippen LogP contribution in [-0.2, 0) is 27.8 Å². The number of hydrogen-bond acceptors (Lipinski definition) is 3. The number of sulfonamides is 1. The Morgan fingerprint density at radius 2 is 1.72 bits per heavy atom. The van der Waals surface area contributed by atoms with Crippen LogP contribution in [0, 0.1) is 12.7 Å². The van der Waals surface area contributed by atoms with Crippen LogP contribution >= 0.6 is 0 Å². The first-order valence-electron chi connectivity index (χ1n) is 10.5. The molecule has 1 heterocycles. The van der Waals surface area contributed by atoms with Gasteiger partial charge >= 0.3 is 0 Å². The highest BCUT2D eigenvalue weighted by atomic mass is 32.2. The lowest BCUT2D eigenvalue weighted by atomic mass is 9.92. The Hall–Kier alpha value is -3.03. The van der Waals surface area contributed by atoms with Gasteiger partial charge in [0.2, 0.25) is 15.9 Å². The lowest BCUT2D eigenvalue weighted by Gasteiger charge is -2.36. The molecule has 5 nitrogen and oxygen atoms in total. The van der Waals surface area contributed by atoms with Crippen molar-refractivity contribution < 1.29 is 17.6 Å². The summed E-state index contributed by atoms with van der Waals surface area (Å²) in [4.78, 5) is 12.9. The van der Waals surface area contributed by atoms with E-state index in [1.54, 1.807) is 0 Å². The third kappa shape index (κ3) is 4.59. The maximum atomic E-state index is 13.4. The number of hydrogen-bond donors (Lipinski definition) is 1. The molecule has 4 rings (SSSR count). The fourth-order valence-corrected chi connectivity index (χ4v) is 5.73. The lowest BCUT2D eigenvalue weighted by Crippen LogP contribution is -2.42. The average Bonchev–Trinajstić information content (AvgIpc) is 2.79. The summed E-state index contributed by atoms with van der Waals surface area (Å²) in [5.74, 6) is -0.727. The molecule has 0 saturated carbocycles. The van der Waals surface area contributed by atoms with Gasteiger partial charge in [0, 0.05) is 19.5 Å². The average molecular weight is 453 g/mol. The molecular weight excluding hydrogens is 427 g/mol. The largest absolute Gasteiger partial charge is 0.352 e. The Labute approximate surface area is 187 Å². The maximum absolute atomic E-state index is 13.4. The second kappa shape index (κ2) is 9.22. The molecule has 166 valence electrons. The molecule has 0 aliphatic carbocycles. The highest BCUT2D eigenvalue weighted by Crippen LogP contribution is 2.36. The minimum absolute atomic E-state index is 0.00329. The van der Waals surface area contributed by atoms with Gasteiger partial charge in [-0.1, -0.05) is 48.5 Å². The van der Waals surface area contributed by atoms with E-state index in [-0.39, 0.29) is 23.8 Å². The number of carbonyl (C=O) groups is 1. The van der Waals surface area contributed by atoms with E-state index in [0.29, 0.717) is 13.0 Å². The van der Waals surface area contributed by atoms with Gasteiger partial charge < -0.3 is 5.32 Å². The number of aryl methyl sites for hydroxylation is 1. The molecule has 1 amide bonds. The van der Waals surface area contributed by atoms with Crippen molar-refractivity contribution in [2.45, 2.75) is 37.2 Å². The van der Waals surface area contributed by atoms with Crippen molar-refractivity contribution in [3.63, 3.8) is 0 Å². The molecule has 32 heavy (non-hydrogen) atoms. The number of rotatable bonds is 6. The summed E-state index contributed by atoms with van der Waals surface area (Å²) in [6.45, 7) is 2.62. The monoisotopic (exact) mass is 452 g/mol. The molecule has 0 aromatic heterocycles. The van der Waals surface area contributed by atoms with Gasteiger partial charge in [0.05, 0.1) is 10.9 Å². The van der Waals surface area contributed by atoms with Gasteiger partial charge in [0.25, 0.3) is 0 Å². The minimum Gasteiger partial charge on any atom is -0.352 e. The van der Waals surface area contributed by atoms with Crippen LogP contribution in [0.3, 0.4) is 0 Å². The van der Waals surface area contributed by atoms with Crippen molar-refractivity contribution in [1.82, 2.24) is 9.62 Å². The van der Waals surface area contributed by atoms with E-state index < -0.39 is 21.9 Å². The SMILES string of the molecule is Cc1ccccc1CNC(=O)C[C@@H]1c2ccccc2CCN1S(=O)(=O)c1ccc(F)cc1. The first-order chi connectivity index (χ1) is 15.4. The topological polar surface area (TPSA) is 66.5 Å². The van der Waals surface area contributed by atoms with E-state index in [9.17, 15) is 17.6 Å². The summed E-state index contributed by atoms with van der Waals surface area (Å²) in [7, 11) is -3.90. The van der Waals surface area contributed by atoms with Crippen LogP contribution in [0.4, 0.5) is 4.39 Å². The molecule has 1 N–H and O–H groups in total. The molecule has 0 bridgehead atoms. The van der Waals surface area contributed by atoms with Crippen LogP contribution < -0.4 is 5.32 Å². The third-order valence-corrected chi connectivity index (χ3v) is 7.82. The van der Waals surface area contributed by atoms with E-state index in [0.717, 1.165) is 34.4 Å². The number of amides is 1. The highest BCUT2D eigenvalue weighted by Gasteiger charge is 2.37. The minimum atomic E-state index is -3.90.